The molecule has 1 heterocycles. The molecule has 1 aliphatic carbocycles. The molecule has 0 fully saturated rings. The minimum Gasteiger partial charge on any atom is -0.774 e. The summed E-state index contributed by atoms with van der Waals surface area (Å²) in [5.41, 5.74) is 8.99. The van der Waals surface area contributed by atoms with Crippen LogP contribution in [0.25, 0.3) is 5.32 Å². The molecule has 0 spiro atoms. The van der Waals surface area contributed by atoms with Gasteiger partial charge in [-0.1, -0.05) is 48.4 Å². The van der Waals surface area contributed by atoms with E-state index in [4.69, 9.17) is 35.0 Å². The average Bonchev–Trinajstić information content (AvgIpc) is 2.72. The smallest absolute Gasteiger partial charge is 0.774 e. The van der Waals surface area contributed by atoms with Crippen molar-refractivity contribution in [3.63, 3.8) is 0 Å². The monoisotopic (exact) mass is 598 g/mol. The summed E-state index contributed by atoms with van der Waals surface area (Å²) in [6.07, 6.45) is 11.7. The fraction of sp³-hybridized carbons (Fsp3) is 0.333. The van der Waals surface area contributed by atoms with Crippen molar-refractivity contribution in [3.8, 4) is 0 Å². The molecule has 2 N–H and O–H groups in total. The number of hydrogen-bond acceptors (Lipinski definition) is 4. The van der Waals surface area contributed by atoms with Crippen molar-refractivity contribution in [1.82, 2.24) is 0 Å². The summed E-state index contributed by atoms with van der Waals surface area (Å²) in [6.45, 7) is 0.391. The molecule has 1 aliphatic heterocycles. The van der Waals surface area contributed by atoms with Crippen molar-refractivity contribution in [2.24, 2.45) is 10.7 Å². The van der Waals surface area contributed by atoms with Gasteiger partial charge in [0.15, 0.2) is 0 Å². The molecule has 152 valence electrons. The van der Waals surface area contributed by atoms with Gasteiger partial charge in [-0.3, -0.25) is 9.79 Å². The van der Waals surface area contributed by atoms with E-state index in [0.717, 1.165) is 35.4 Å². The van der Waals surface area contributed by atoms with Gasteiger partial charge in [-0.2, -0.15) is 0 Å². The van der Waals surface area contributed by atoms with E-state index in [-0.39, 0.29) is 32.3 Å². The largest absolute Gasteiger partial charge is 2.00 e. The van der Waals surface area contributed by atoms with Crippen LogP contribution in [0.15, 0.2) is 59.1 Å². The summed E-state index contributed by atoms with van der Waals surface area (Å²) in [4.78, 5) is 19.4. The van der Waals surface area contributed by atoms with Crippen LogP contribution in [0.3, 0.4) is 0 Å². The van der Waals surface area contributed by atoms with E-state index in [0.29, 0.717) is 18.0 Å². The SMILES string of the molecule is CN1C(=O)C([N-]CCC(N)[S-])N=C(/C2=C/C=C\C/C=C\C2)c2cc(Cl)ccc21.[W+2]. The molecule has 2 aliphatic rings. The third kappa shape index (κ3) is 6.16. The Kier molecular flexibility index (Phi) is 9.38. The van der Waals surface area contributed by atoms with Crippen molar-refractivity contribution in [2.75, 3.05) is 18.5 Å². The van der Waals surface area contributed by atoms with Gasteiger partial charge in [0.05, 0.1) is 11.4 Å². The molecule has 5 nitrogen and oxygen atoms in total. The molecule has 1 amide bonds. The summed E-state index contributed by atoms with van der Waals surface area (Å²) in [6, 6.07) is 5.48. The summed E-state index contributed by atoms with van der Waals surface area (Å²) >= 11 is 11.3. The van der Waals surface area contributed by atoms with Gasteiger partial charge in [-0.25, -0.2) is 0 Å². The first-order valence-corrected chi connectivity index (χ1v) is 10.1. The van der Waals surface area contributed by atoms with Gasteiger partial charge in [-0.05, 0) is 36.6 Å². The van der Waals surface area contributed by atoms with Gasteiger partial charge in [0.2, 0.25) is 5.91 Å². The molecule has 8 heteroatoms. The van der Waals surface area contributed by atoms with E-state index in [2.05, 4.69) is 23.5 Å². The van der Waals surface area contributed by atoms with E-state index in [9.17, 15) is 4.79 Å². The molecule has 2 atom stereocenters. The number of rotatable bonds is 5. The minimum atomic E-state index is -0.834. The number of amides is 1. The van der Waals surface area contributed by atoms with Crippen LogP contribution < -0.4 is 10.6 Å². The number of halogens is 1. The van der Waals surface area contributed by atoms with Crippen molar-refractivity contribution in [3.05, 3.63) is 70.1 Å². The maximum atomic E-state index is 13.0. The average molecular weight is 599 g/mol. The standard InChI is InChI=1S/C21H24ClN4OS.W/c1-26-17-10-9-15(22)13-16(17)19(14-7-5-3-2-4-6-8-14)25-20(21(26)27)24-12-11-18(23)28;/h3-7,9-10,13,18,20,28H,2,8,11-12,23H2,1H3;/q-1;+2/p-1/b5-3-,6-4-,14-7+;. The van der Waals surface area contributed by atoms with Crippen molar-refractivity contribution in [2.45, 2.75) is 30.8 Å². The summed E-state index contributed by atoms with van der Waals surface area (Å²) in [5.74, 6) is -0.186. The zero-order chi connectivity index (χ0) is 20.1. The van der Waals surface area contributed by atoms with Crippen LogP contribution in [0.1, 0.15) is 24.8 Å². The molecule has 0 bridgehead atoms. The number of carbonyl (C=O) groups is 1. The summed E-state index contributed by atoms with van der Waals surface area (Å²) in [5, 5.41) is 4.70. The van der Waals surface area contributed by atoms with Gasteiger partial charge in [0, 0.05) is 23.8 Å². The van der Waals surface area contributed by atoms with Crippen molar-refractivity contribution in [1.29, 1.82) is 0 Å². The second-order valence-corrected chi connectivity index (χ2v) is 7.72. The Labute approximate surface area is 196 Å². The van der Waals surface area contributed by atoms with Crippen LogP contribution in [0, 0.1) is 0 Å². The maximum Gasteiger partial charge on any atom is 2.00 e. The van der Waals surface area contributed by atoms with E-state index in [1.54, 1.807) is 18.0 Å². The Bertz CT molecular complexity index is 866. The number of benzene rings is 1. The Morgan fingerprint density at radius 2 is 2.17 bits per heavy atom. The second-order valence-electron chi connectivity index (χ2n) is 6.67. The maximum absolute atomic E-state index is 13.0. The minimum absolute atomic E-state index is 0. The topological polar surface area (TPSA) is 72.8 Å². The number of anilines is 1. The molecule has 0 aromatic heterocycles. The van der Waals surface area contributed by atoms with E-state index >= 15 is 0 Å². The van der Waals surface area contributed by atoms with Crippen LogP contribution >= 0.6 is 11.6 Å². The zero-order valence-electron chi connectivity index (χ0n) is 16.1. The molecular weight excluding hydrogens is 576 g/mol. The fourth-order valence-corrected chi connectivity index (χ4v) is 3.40. The van der Waals surface area contributed by atoms with Gasteiger partial charge >= 0.3 is 21.1 Å². The first-order chi connectivity index (χ1) is 13.5. The van der Waals surface area contributed by atoms with Crippen molar-refractivity contribution >= 4 is 41.5 Å². The van der Waals surface area contributed by atoms with Gasteiger partial charge in [0.25, 0.3) is 0 Å². The van der Waals surface area contributed by atoms with Gasteiger partial charge < -0.3 is 28.6 Å². The molecule has 29 heavy (non-hydrogen) atoms. The number of aliphatic imine (C=N–C) groups is 1. The van der Waals surface area contributed by atoms with Crippen LogP contribution in [0.5, 0.6) is 0 Å². The van der Waals surface area contributed by atoms with E-state index < -0.39 is 6.17 Å². The van der Waals surface area contributed by atoms with Crippen molar-refractivity contribution < 1.29 is 25.9 Å². The van der Waals surface area contributed by atoms with E-state index in [1.807, 2.05) is 24.3 Å². The third-order valence-corrected chi connectivity index (χ3v) is 5.08. The third-order valence-electron chi connectivity index (χ3n) is 4.61. The van der Waals surface area contributed by atoms with E-state index in [1.165, 1.54) is 0 Å². The number of nitrogens with two attached hydrogens (primary N) is 1. The number of hydrogen-bond donors (Lipinski definition) is 1. The number of likely N-dealkylation sites (N-methyl/N-ethyl adjacent to an activating group) is 1. The second kappa shape index (κ2) is 11.3. The first-order valence-electron chi connectivity index (χ1n) is 9.21. The summed E-state index contributed by atoms with van der Waals surface area (Å²) < 4.78 is 0. The summed E-state index contributed by atoms with van der Waals surface area (Å²) in [7, 11) is 1.74. The zero-order valence-corrected chi connectivity index (χ0v) is 20.6. The molecule has 3 rings (SSSR count). The molecule has 1 aromatic carbocycles. The molecule has 1 aromatic rings. The molecule has 0 saturated heterocycles. The van der Waals surface area contributed by atoms with Gasteiger partial charge in [0.1, 0.15) is 0 Å². The number of carbonyl (C=O) groups excluding carboxylic acids is 1. The predicted molar refractivity (Wildman–Crippen MR) is 119 cm³/mol. The Balaban J connectivity index is 0.00000300. The Hall–Kier alpha value is -1.17. The van der Waals surface area contributed by atoms with Crippen LogP contribution in [0.2, 0.25) is 5.02 Å². The van der Waals surface area contributed by atoms with Crippen LogP contribution in [-0.4, -0.2) is 36.8 Å². The number of allylic oxidation sites excluding steroid dienone is 6. The molecule has 2 unspecified atom stereocenters. The molecule has 0 radical (unpaired) electrons. The fourth-order valence-electron chi connectivity index (χ4n) is 3.12. The quantitative estimate of drug-likeness (QED) is 0.414. The predicted octanol–water partition coefficient (Wildman–Crippen LogP) is 3.86. The number of nitrogens with zero attached hydrogens (tertiary/aromatic N) is 3. The molecule has 0 saturated carbocycles. The van der Waals surface area contributed by atoms with Gasteiger partial charge in [-0.15, -0.1) is 11.9 Å². The number of fused-ring (bicyclic) bond motifs is 1. The van der Waals surface area contributed by atoms with Crippen LogP contribution in [0.4, 0.5) is 5.69 Å². The Morgan fingerprint density at radius 1 is 1.38 bits per heavy atom. The normalized spacial score (nSPS) is 23.9. The Morgan fingerprint density at radius 3 is 2.93 bits per heavy atom. The number of benzodiazepines with no additional fused rings is 1. The first kappa shape index (κ1) is 24.1. The van der Waals surface area contributed by atoms with Crippen LogP contribution in [-0.2, 0) is 38.5 Å². The molecular formula is C21H23ClN4OSW.